The summed E-state index contributed by atoms with van der Waals surface area (Å²) in [7, 11) is -3.62. The van der Waals surface area contributed by atoms with Gasteiger partial charge in [-0.1, -0.05) is 12.1 Å². The average molecular weight is 265 g/mol. The lowest BCUT2D eigenvalue weighted by Crippen LogP contribution is -2.37. The lowest BCUT2D eigenvalue weighted by atomic mass is 10.2. The van der Waals surface area contributed by atoms with Crippen molar-refractivity contribution in [3.63, 3.8) is 0 Å². The maximum atomic E-state index is 12.3. The molecular weight excluding hydrogens is 250 g/mol. The minimum Gasteiger partial charge on any atom is -0.383 e. The van der Waals surface area contributed by atoms with Gasteiger partial charge in [0.05, 0.1) is 17.4 Å². The lowest BCUT2D eigenvalue weighted by molar-refractivity contribution is 0.586. The number of hydrogen-bond donors (Lipinski definition) is 1. The van der Waals surface area contributed by atoms with E-state index in [1.807, 2.05) is 12.1 Å². The van der Waals surface area contributed by atoms with Gasteiger partial charge in [0.25, 0.3) is 10.0 Å². The molecule has 18 heavy (non-hydrogen) atoms. The van der Waals surface area contributed by atoms with Crippen molar-refractivity contribution in [2.45, 2.75) is 18.6 Å². The van der Waals surface area contributed by atoms with Crippen molar-refractivity contribution in [2.75, 3.05) is 22.7 Å². The number of fused-ring (bicyclic) bond motifs is 1. The molecule has 1 aliphatic heterocycles. The van der Waals surface area contributed by atoms with E-state index in [4.69, 9.17) is 5.26 Å². The molecule has 0 radical (unpaired) electrons. The molecule has 2 rings (SSSR count). The molecule has 1 heterocycles. The third kappa shape index (κ3) is 2.14. The van der Waals surface area contributed by atoms with Gasteiger partial charge < -0.3 is 5.32 Å². The third-order valence-electron chi connectivity index (χ3n) is 2.96. The van der Waals surface area contributed by atoms with E-state index in [1.54, 1.807) is 18.2 Å². The first-order chi connectivity index (χ1) is 8.57. The van der Waals surface area contributed by atoms with Gasteiger partial charge in [0.2, 0.25) is 0 Å². The van der Waals surface area contributed by atoms with E-state index >= 15 is 0 Å². The fourth-order valence-electron chi connectivity index (χ4n) is 1.93. The number of hydrogen-bond acceptors (Lipinski definition) is 4. The zero-order valence-corrected chi connectivity index (χ0v) is 10.9. The van der Waals surface area contributed by atoms with E-state index in [2.05, 4.69) is 5.32 Å². The number of nitrogens with one attached hydrogen (secondary N) is 1. The summed E-state index contributed by atoms with van der Waals surface area (Å²) in [6.45, 7) is 2.54. The quantitative estimate of drug-likeness (QED) is 0.880. The molecule has 0 fully saturated rings. The van der Waals surface area contributed by atoms with E-state index in [9.17, 15) is 8.42 Å². The molecule has 0 saturated heterocycles. The van der Waals surface area contributed by atoms with Gasteiger partial charge in [-0.3, -0.25) is 4.31 Å². The Kier molecular flexibility index (Phi) is 3.43. The number of rotatable bonds is 2. The molecular formula is C12H15N3O2S. The number of sulfonamides is 1. The van der Waals surface area contributed by atoms with Gasteiger partial charge in [-0.25, -0.2) is 8.42 Å². The minimum atomic E-state index is -3.62. The van der Waals surface area contributed by atoms with Gasteiger partial charge in [-0.15, -0.1) is 0 Å². The van der Waals surface area contributed by atoms with Crippen molar-refractivity contribution >= 4 is 21.4 Å². The molecule has 0 saturated carbocycles. The highest BCUT2D eigenvalue weighted by Gasteiger charge is 2.31. The standard InChI is InChI=1S/C12H15N3O2S/c1-10(9-13)18(16,17)15-8-4-7-14-11-5-2-3-6-12(11)15/h2-3,5-6,10,14H,4,7-8H2,1H3. The Labute approximate surface area is 107 Å². The number of anilines is 2. The normalized spacial score (nSPS) is 17.0. The predicted molar refractivity (Wildman–Crippen MR) is 70.9 cm³/mol. The topological polar surface area (TPSA) is 73.2 Å². The van der Waals surface area contributed by atoms with Gasteiger partial charge in [0, 0.05) is 13.1 Å². The molecule has 0 aliphatic carbocycles. The molecule has 0 bridgehead atoms. The first-order valence-corrected chi connectivity index (χ1v) is 7.32. The Morgan fingerprint density at radius 1 is 1.44 bits per heavy atom. The summed E-state index contributed by atoms with van der Waals surface area (Å²) in [4.78, 5) is 0. The number of benzene rings is 1. The Bertz CT molecular complexity index is 577. The molecule has 1 aromatic carbocycles. The smallest absolute Gasteiger partial charge is 0.251 e. The van der Waals surface area contributed by atoms with Crippen molar-refractivity contribution in [1.82, 2.24) is 0 Å². The predicted octanol–water partition coefficient (Wildman–Crippen LogP) is 1.55. The summed E-state index contributed by atoms with van der Waals surface area (Å²) >= 11 is 0. The summed E-state index contributed by atoms with van der Waals surface area (Å²) in [5, 5.41) is 11.0. The van der Waals surface area contributed by atoms with Crippen LogP contribution in [0.15, 0.2) is 24.3 Å². The fourth-order valence-corrected chi connectivity index (χ4v) is 3.26. The van der Waals surface area contributed by atoms with Gasteiger partial charge in [-0.2, -0.15) is 5.26 Å². The highest BCUT2D eigenvalue weighted by atomic mass is 32.2. The van der Waals surface area contributed by atoms with Crippen LogP contribution < -0.4 is 9.62 Å². The summed E-state index contributed by atoms with van der Waals surface area (Å²) in [5.41, 5.74) is 1.42. The van der Waals surface area contributed by atoms with Crippen LogP contribution in [-0.2, 0) is 10.0 Å². The maximum absolute atomic E-state index is 12.3. The van der Waals surface area contributed by atoms with E-state index in [1.165, 1.54) is 11.2 Å². The molecule has 6 heteroatoms. The maximum Gasteiger partial charge on any atom is 0.251 e. The Balaban J connectivity index is 2.50. The van der Waals surface area contributed by atoms with E-state index in [0.29, 0.717) is 18.7 Å². The largest absolute Gasteiger partial charge is 0.383 e. The van der Waals surface area contributed by atoms with Gasteiger partial charge in [0.15, 0.2) is 5.25 Å². The van der Waals surface area contributed by atoms with Crippen LogP contribution >= 0.6 is 0 Å². The summed E-state index contributed by atoms with van der Waals surface area (Å²) in [6, 6.07) is 9.06. The summed E-state index contributed by atoms with van der Waals surface area (Å²) in [5.74, 6) is 0. The highest BCUT2D eigenvalue weighted by Crippen LogP contribution is 2.31. The molecule has 0 aromatic heterocycles. The fraction of sp³-hybridized carbons (Fsp3) is 0.417. The highest BCUT2D eigenvalue weighted by molar-refractivity contribution is 7.93. The van der Waals surface area contributed by atoms with Crippen LogP contribution in [0.4, 0.5) is 11.4 Å². The second kappa shape index (κ2) is 4.86. The van der Waals surface area contributed by atoms with Crippen molar-refractivity contribution in [3.8, 4) is 6.07 Å². The lowest BCUT2D eigenvalue weighted by Gasteiger charge is -2.25. The minimum absolute atomic E-state index is 0.401. The third-order valence-corrected chi connectivity index (χ3v) is 4.95. The van der Waals surface area contributed by atoms with Crippen LogP contribution in [-0.4, -0.2) is 26.8 Å². The Hall–Kier alpha value is -1.74. The molecule has 0 spiro atoms. The first-order valence-electron chi connectivity index (χ1n) is 5.81. The molecule has 1 N–H and O–H groups in total. The van der Waals surface area contributed by atoms with E-state index in [-0.39, 0.29) is 0 Å². The van der Waals surface area contributed by atoms with Crippen LogP contribution in [0, 0.1) is 11.3 Å². The van der Waals surface area contributed by atoms with Crippen LogP contribution in [0.2, 0.25) is 0 Å². The van der Waals surface area contributed by atoms with Crippen molar-refractivity contribution in [2.24, 2.45) is 0 Å². The molecule has 1 aromatic rings. The van der Waals surface area contributed by atoms with Crippen LogP contribution in [0.1, 0.15) is 13.3 Å². The number of para-hydroxylation sites is 2. The molecule has 0 amide bonds. The summed E-state index contributed by atoms with van der Waals surface area (Å²) in [6.07, 6.45) is 0.714. The van der Waals surface area contributed by atoms with Crippen LogP contribution in [0.5, 0.6) is 0 Å². The van der Waals surface area contributed by atoms with Crippen molar-refractivity contribution in [3.05, 3.63) is 24.3 Å². The molecule has 1 atom stereocenters. The molecule has 1 aliphatic rings. The van der Waals surface area contributed by atoms with Gasteiger partial charge in [-0.05, 0) is 25.5 Å². The monoisotopic (exact) mass is 265 g/mol. The van der Waals surface area contributed by atoms with E-state index in [0.717, 1.165) is 12.2 Å². The Morgan fingerprint density at radius 3 is 2.89 bits per heavy atom. The molecule has 1 unspecified atom stereocenters. The molecule has 96 valence electrons. The second-order valence-corrected chi connectivity index (χ2v) is 6.36. The Morgan fingerprint density at radius 2 is 2.17 bits per heavy atom. The zero-order chi connectivity index (χ0) is 13.2. The molecule has 5 nitrogen and oxygen atoms in total. The first kappa shape index (κ1) is 12.7. The van der Waals surface area contributed by atoms with Crippen molar-refractivity contribution < 1.29 is 8.42 Å². The number of nitriles is 1. The van der Waals surface area contributed by atoms with Crippen molar-refractivity contribution in [1.29, 1.82) is 5.26 Å². The van der Waals surface area contributed by atoms with Gasteiger partial charge >= 0.3 is 0 Å². The summed E-state index contributed by atoms with van der Waals surface area (Å²) < 4.78 is 26.0. The number of nitrogens with zero attached hydrogens (tertiary/aromatic N) is 2. The SMILES string of the molecule is CC(C#N)S(=O)(=O)N1CCCNc2ccccc21. The zero-order valence-electron chi connectivity index (χ0n) is 10.1. The second-order valence-electron chi connectivity index (χ2n) is 4.19. The van der Waals surface area contributed by atoms with Crippen LogP contribution in [0.3, 0.4) is 0 Å². The van der Waals surface area contributed by atoms with Crippen LogP contribution in [0.25, 0.3) is 0 Å². The van der Waals surface area contributed by atoms with E-state index < -0.39 is 15.3 Å². The van der Waals surface area contributed by atoms with Gasteiger partial charge in [0.1, 0.15) is 0 Å². The average Bonchev–Trinajstić information content (AvgIpc) is 2.60.